The van der Waals surface area contributed by atoms with E-state index in [1.54, 1.807) is 11.8 Å². The molecule has 5 nitrogen and oxygen atoms in total. The summed E-state index contributed by atoms with van der Waals surface area (Å²) in [7, 11) is 0. The lowest BCUT2D eigenvalue weighted by Crippen LogP contribution is -2.37. The fraction of sp³-hybridized carbons (Fsp3) is 0.350. The Morgan fingerprint density at radius 2 is 2.22 bits per heavy atom. The number of halogens is 1. The lowest BCUT2D eigenvalue weighted by atomic mass is 9.79. The molecule has 4 rings (SSSR count). The van der Waals surface area contributed by atoms with Crippen molar-refractivity contribution in [3.63, 3.8) is 0 Å². The maximum Gasteiger partial charge on any atom is 0.274 e. The van der Waals surface area contributed by atoms with Gasteiger partial charge in [0.15, 0.2) is 5.17 Å². The van der Waals surface area contributed by atoms with E-state index in [1.807, 2.05) is 12.1 Å². The molecule has 0 spiro atoms. The van der Waals surface area contributed by atoms with Crippen molar-refractivity contribution >= 4 is 28.5 Å². The maximum atomic E-state index is 13.0. The number of carbonyl (C=O) groups is 1. The Morgan fingerprint density at radius 3 is 3.00 bits per heavy atom. The summed E-state index contributed by atoms with van der Waals surface area (Å²) in [5.74, 6) is 0.538. The number of nitrogens with one attached hydrogen (secondary N) is 1. The summed E-state index contributed by atoms with van der Waals surface area (Å²) in [6, 6.07) is 8.55. The number of amidine groups is 1. The minimum Gasteiger partial charge on any atom is -0.379 e. The molecule has 0 unspecified atom stereocenters. The van der Waals surface area contributed by atoms with Crippen LogP contribution in [0.4, 0.5) is 10.1 Å². The molecular weight excluding hydrogens is 363 g/mol. The summed E-state index contributed by atoms with van der Waals surface area (Å²) in [4.78, 5) is 21.1. The van der Waals surface area contributed by atoms with E-state index in [1.165, 1.54) is 17.7 Å². The minimum atomic E-state index is -0.471. The van der Waals surface area contributed by atoms with E-state index in [0.29, 0.717) is 16.8 Å². The number of fused-ring (bicyclic) bond motifs is 3. The predicted molar refractivity (Wildman–Crippen MR) is 106 cm³/mol. The Hall–Kier alpha value is -2.41. The number of amides is 1. The number of rotatable bonds is 2. The summed E-state index contributed by atoms with van der Waals surface area (Å²) >= 11 is 1.62. The van der Waals surface area contributed by atoms with Gasteiger partial charge in [0.25, 0.3) is 5.91 Å². The molecule has 7 heteroatoms. The molecule has 1 aliphatic heterocycles. The van der Waals surface area contributed by atoms with E-state index in [2.05, 4.69) is 23.3 Å². The number of hydrogen-bond donors (Lipinski definition) is 2. The third-order valence-corrected chi connectivity index (χ3v) is 6.40. The molecular formula is C20H21FN4OS. The number of anilines is 1. The molecule has 2 aromatic rings. The summed E-state index contributed by atoms with van der Waals surface area (Å²) in [6.45, 7) is 2.14. The number of carbonyl (C=O) groups excluding carboxylic acids is 1. The molecule has 1 aromatic heterocycles. The third kappa shape index (κ3) is 3.43. The van der Waals surface area contributed by atoms with Crippen LogP contribution >= 0.6 is 11.8 Å². The monoisotopic (exact) mass is 384 g/mol. The first-order valence-corrected chi connectivity index (χ1v) is 9.99. The van der Waals surface area contributed by atoms with Crippen molar-refractivity contribution in [3.8, 4) is 0 Å². The highest BCUT2D eigenvalue weighted by Crippen LogP contribution is 2.46. The average Bonchev–Trinajstić information content (AvgIpc) is 2.78. The summed E-state index contributed by atoms with van der Waals surface area (Å²) in [6.07, 6.45) is 4.26. The largest absolute Gasteiger partial charge is 0.379 e. The van der Waals surface area contributed by atoms with E-state index in [9.17, 15) is 9.18 Å². The molecule has 1 amide bonds. The lowest BCUT2D eigenvalue weighted by molar-refractivity contribution is 0.102. The van der Waals surface area contributed by atoms with Gasteiger partial charge < -0.3 is 11.1 Å². The fourth-order valence-electron chi connectivity index (χ4n) is 3.93. The molecule has 0 saturated carbocycles. The van der Waals surface area contributed by atoms with Crippen LogP contribution in [-0.2, 0) is 12.0 Å². The number of nitrogens with two attached hydrogens (primary N) is 1. The standard InChI is InChI=1S/C20H21FN4OS/c1-20-13(11-27-19(22)25-20)4-2-3-12-5-7-15(9-16(12)20)24-18(26)17-8-6-14(21)10-23-17/h5-10,13H,2-4,11H2,1H3,(H2,22,25)(H,24,26)/t13-,20+/m1/s1. The van der Waals surface area contributed by atoms with Crippen molar-refractivity contribution in [2.24, 2.45) is 16.6 Å². The molecule has 3 N–H and O–H groups in total. The van der Waals surface area contributed by atoms with Crippen molar-refractivity contribution in [2.75, 3.05) is 11.1 Å². The molecule has 140 valence electrons. The van der Waals surface area contributed by atoms with Crippen LogP contribution in [0.5, 0.6) is 0 Å². The van der Waals surface area contributed by atoms with Crippen LogP contribution in [-0.4, -0.2) is 21.8 Å². The molecule has 0 bridgehead atoms. The van der Waals surface area contributed by atoms with E-state index in [4.69, 9.17) is 10.7 Å². The Kier molecular flexibility index (Phi) is 4.63. The van der Waals surface area contributed by atoms with Gasteiger partial charge in [-0.3, -0.25) is 9.79 Å². The van der Waals surface area contributed by atoms with Gasteiger partial charge in [0, 0.05) is 11.4 Å². The molecule has 0 radical (unpaired) electrons. The topological polar surface area (TPSA) is 80.4 Å². The number of thioether (sulfide) groups is 1. The van der Waals surface area contributed by atoms with Crippen LogP contribution in [0.2, 0.25) is 0 Å². The molecule has 0 saturated heterocycles. The van der Waals surface area contributed by atoms with Gasteiger partial charge in [-0.05, 0) is 67.5 Å². The summed E-state index contributed by atoms with van der Waals surface area (Å²) < 4.78 is 13.0. The van der Waals surface area contributed by atoms with Gasteiger partial charge in [-0.2, -0.15) is 0 Å². The molecule has 2 aliphatic rings. The highest BCUT2D eigenvalue weighted by Gasteiger charge is 2.41. The Labute approximate surface area is 161 Å². The van der Waals surface area contributed by atoms with Crippen LogP contribution < -0.4 is 11.1 Å². The van der Waals surface area contributed by atoms with Gasteiger partial charge in [0.2, 0.25) is 0 Å². The number of benzene rings is 1. The zero-order chi connectivity index (χ0) is 19.0. The van der Waals surface area contributed by atoms with Crippen molar-refractivity contribution in [1.82, 2.24) is 4.98 Å². The quantitative estimate of drug-likeness (QED) is 0.827. The first-order chi connectivity index (χ1) is 13.0. The summed E-state index contributed by atoms with van der Waals surface area (Å²) in [5, 5.41) is 3.48. The van der Waals surface area contributed by atoms with Crippen molar-refractivity contribution < 1.29 is 9.18 Å². The third-order valence-electron chi connectivity index (χ3n) is 5.44. The average molecular weight is 384 g/mol. The van der Waals surface area contributed by atoms with Crippen molar-refractivity contribution in [2.45, 2.75) is 31.7 Å². The van der Waals surface area contributed by atoms with Gasteiger partial charge in [-0.15, -0.1) is 0 Å². The van der Waals surface area contributed by atoms with Crippen LogP contribution in [0.3, 0.4) is 0 Å². The highest BCUT2D eigenvalue weighted by molar-refractivity contribution is 8.13. The maximum absolute atomic E-state index is 13.0. The van der Waals surface area contributed by atoms with Crippen molar-refractivity contribution in [3.05, 3.63) is 59.2 Å². The lowest BCUT2D eigenvalue weighted by Gasteiger charge is -2.37. The first-order valence-electron chi connectivity index (χ1n) is 9.00. The van der Waals surface area contributed by atoms with E-state index in [-0.39, 0.29) is 17.1 Å². The number of nitrogens with zero attached hydrogens (tertiary/aromatic N) is 2. The zero-order valence-corrected chi connectivity index (χ0v) is 15.9. The van der Waals surface area contributed by atoms with Crippen LogP contribution in [0.15, 0.2) is 41.5 Å². The number of hydrogen-bond acceptors (Lipinski definition) is 5. The molecule has 1 aromatic carbocycles. The Balaban J connectivity index is 1.68. The second-order valence-electron chi connectivity index (χ2n) is 7.19. The highest BCUT2D eigenvalue weighted by atomic mass is 32.2. The normalized spacial score (nSPS) is 24.2. The Bertz CT molecular complexity index is 915. The van der Waals surface area contributed by atoms with E-state index >= 15 is 0 Å². The van der Waals surface area contributed by atoms with Crippen LogP contribution in [0.25, 0.3) is 0 Å². The predicted octanol–water partition coefficient (Wildman–Crippen LogP) is 3.70. The number of aliphatic imine (C=N–C) groups is 1. The molecule has 27 heavy (non-hydrogen) atoms. The second kappa shape index (κ2) is 6.96. The first kappa shape index (κ1) is 18.0. The van der Waals surface area contributed by atoms with E-state index in [0.717, 1.165) is 36.8 Å². The molecule has 0 fully saturated rings. The van der Waals surface area contributed by atoms with E-state index < -0.39 is 5.82 Å². The summed E-state index contributed by atoms with van der Waals surface area (Å²) in [5.41, 5.74) is 8.89. The van der Waals surface area contributed by atoms with Gasteiger partial charge in [-0.25, -0.2) is 9.37 Å². The number of aryl methyl sites for hydroxylation is 1. The number of aromatic nitrogens is 1. The minimum absolute atomic E-state index is 0.173. The smallest absolute Gasteiger partial charge is 0.274 e. The van der Waals surface area contributed by atoms with Gasteiger partial charge in [0.05, 0.1) is 11.7 Å². The second-order valence-corrected chi connectivity index (χ2v) is 8.23. The van der Waals surface area contributed by atoms with Crippen LogP contribution in [0, 0.1) is 11.7 Å². The van der Waals surface area contributed by atoms with Crippen LogP contribution in [0.1, 0.15) is 41.4 Å². The zero-order valence-electron chi connectivity index (χ0n) is 15.0. The molecule has 1 aliphatic carbocycles. The molecule has 2 heterocycles. The SMILES string of the molecule is C[C@]12N=C(N)SC[C@H]1CCCc1ccc(NC(=O)c3ccc(F)cn3)cc12. The van der Waals surface area contributed by atoms with Crippen molar-refractivity contribution in [1.29, 1.82) is 0 Å². The van der Waals surface area contributed by atoms with Gasteiger partial charge in [0.1, 0.15) is 11.5 Å². The Morgan fingerprint density at radius 1 is 1.37 bits per heavy atom. The fourth-order valence-corrected chi connectivity index (χ4v) is 5.05. The molecule has 2 atom stereocenters. The van der Waals surface area contributed by atoms with Gasteiger partial charge in [-0.1, -0.05) is 17.8 Å². The van der Waals surface area contributed by atoms with Gasteiger partial charge >= 0.3 is 0 Å². The number of pyridine rings is 1.